The fourth-order valence-electron chi connectivity index (χ4n) is 4.65. The molecule has 0 aromatic rings. The number of aliphatic hydroxyl groups is 1. The second-order valence-corrected chi connectivity index (χ2v) is 7.68. The first kappa shape index (κ1) is 17.3. The van der Waals surface area contributed by atoms with Crippen LogP contribution in [0.3, 0.4) is 0 Å². The normalized spacial score (nSPS) is 35.6. The molecule has 1 aliphatic carbocycles. The van der Waals surface area contributed by atoms with E-state index in [4.69, 9.17) is 0 Å². The molecule has 2 rings (SSSR count). The minimum atomic E-state index is -0.0344. The first-order chi connectivity index (χ1) is 10.2. The van der Waals surface area contributed by atoms with Gasteiger partial charge in [-0.25, -0.2) is 0 Å². The van der Waals surface area contributed by atoms with Crippen molar-refractivity contribution < 1.29 is 5.11 Å². The lowest BCUT2D eigenvalue weighted by Gasteiger charge is -2.36. The Hall–Kier alpha value is -0.0800. The van der Waals surface area contributed by atoms with Gasteiger partial charge in [-0.3, -0.25) is 0 Å². The number of nitrogens with zero attached hydrogens (tertiary/aromatic N) is 1. The van der Waals surface area contributed by atoms with Crippen LogP contribution in [0, 0.1) is 17.8 Å². The van der Waals surface area contributed by atoms with Gasteiger partial charge in [0.2, 0.25) is 0 Å². The van der Waals surface area contributed by atoms with E-state index in [-0.39, 0.29) is 6.10 Å². The summed E-state index contributed by atoms with van der Waals surface area (Å²) in [6.45, 7) is 8.30. The molecule has 2 fully saturated rings. The molecule has 1 heterocycles. The maximum atomic E-state index is 10.4. The molecule has 1 N–H and O–H groups in total. The molecule has 1 saturated carbocycles. The third kappa shape index (κ3) is 5.56. The van der Waals surface area contributed by atoms with E-state index in [0.717, 1.165) is 24.8 Å². The van der Waals surface area contributed by atoms with Crippen molar-refractivity contribution in [2.75, 3.05) is 19.6 Å². The van der Waals surface area contributed by atoms with Gasteiger partial charge < -0.3 is 10.0 Å². The quantitative estimate of drug-likeness (QED) is 0.781. The average molecular weight is 296 g/mol. The van der Waals surface area contributed by atoms with Crippen LogP contribution in [-0.2, 0) is 0 Å². The second-order valence-electron chi connectivity index (χ2n) is 7.68. The van der Waals surface area contributed by atoms with Crippen LogP contribution >= 0.6 is 0 Å². The predicted molar refractivity (Wildman–Crippen MR) is 90.4 cm³/mol. The molecular weight excluding hydrogens is 258 g/mol. The zero-order valence-corrected chi connectivity index (χ0v) is 14.4. The highest BCUT2D eigenvalue weighted by Gasteiger charge is 2.30. The largest absolute Gasteiger partial charge is 0.393 e. The van der Waals surface area contributed by atoms with E-state index in [9.17, 15) is 5.11 Å². The van der Waals surface area contributed by atoms with Crippen molar-refractivity contribution in [2.24, 2.45) is 17.8 Å². The van der Waals surface area contributed by atoms with Gasteiger partial charge >= 0.3 is 0 Å². The Labute approximate surface area is 132 Å². The molecule has 21 heavy (non-hydrogen) atoms. The summed E-state index contributed by atoms with van der Waals surface area (Å²) in [7, 11) is 0. The topological polar surface area (TPSA) is 23.5 Å². The third-order valence-electron chi connectivity index (χ3n) is 5.88. The summed E-state index contributed by atoms with van der Waals surface area (Å²) < 4.78 is 0. The van der Waals surface area contributed by atoms with Crippen LogP contribution in [0.2, 0.25) is 0 Å². The number of aliphatic hydroxyl groups excluding tert-OH is 1. The molecule has 0 spiro atoms. The van der Waals surface area contributed by atoms with Crippen molar-refractivity contribution in [3.63, 3.8) is 0 Å². The summed E-state index contributed by atoms with van der Waals surface area (Å²) in [5.74, 6) is 2.38. The first-order valence-corrected chi connectivity index (χ1v) is 9.63. The number of rotatable bonds is 6. The highest BCUT2D eigenvalue weighted by Crippen LogP contribution is 2.33. The van der Waals surface area contributed by atoms with Crippen molar-refractivity contribution in [3.05, 3.63) is 0 Å². The average Bonchev–Trinajstić information content (AvgIpc) is 2.69. The number of hydrogen-bond acceptors (Lipinski definition) is 2. The lowest BCUT2D eigenvalue weighted by molar-refractivity contribution is 0.0261. The molecule has 0 bridgehead atoms. The fourth-order valence-corrected chi connectivity index (χ4v) is 4.65. The summed E-state index contributed by atoms with van der Waals surface area (Å²) in [5, 5.41) is 10.4. The van der Waals surface area contributed by atoms with Gasteiger partial charge in [0.25, 0.3) is 0 Å². The van der Waals surface area contributed by atoms with E-state index in [1.54, 1.807) is 0 Å². The minimum absolute atomic E-state index is 0.0344. The summed E-state index contributed by atoms with van der Waals surface area (Å²) in [6.07, 6.45) is 13.1. The van der Waals surface area contributed by atoms with Gasteiger partial charge in [0.1, 0.15) is 0 Å². The SMILES string of the molecule is CCCC1CCCN(CC2CC(CCC)CCC2O)CC1. The van der Waals surface area contributed by atoms with Gasteiger partial charge in [-0.2, -0.15) is 0 Å². The standard InChI is InChI=1S/C19H37NO/c1-3-6-16-8-5-12-20(13-11-16)15-18-14-17(7-4-2)9-10-19(18)21/h16-19,21H,3-15H2,1-2H3. The van der Waals surface area contributed by atoms with Gasteiger partial charge in [-0.05, 0) is 69.4 Å². The summed E-state index contributed by atoms with van der Waals surface area (Å²) >= 11 is 0. The number of likely N-dealkylation sites (tertiary alicyclic amines) is 1. The van der Waals surface area contributed by atoms with Crippen molar-refractivity contribution >= 4 is 0 Å². The monoisotopic (exact) mass is 295 g/mol. The van der Waals surface area contributed by atoms with E-state index < -0.39 is 0 Å². The van der Waals surface area contributed by atoms with Gasteiger partial charge in [-0.15, -0.1) is 0 Å². The van der Waals surface area contributed by atoms with Crippen LogP contribution in [0.25, 0.3) is 0 Å². The maximum Gasteiger partial charge on any atom is 0.0580 e. The third-order valence-corrected chi connectivity index (χ3v) is 5.88. The fraction of sp³-hybridized carbons (Fsp3) is 1.00. The van der Waals surface area contributed by atoms with Gasteiger partial charge in [0.15, 0.2) is 0 Å². The van der Waals surface area contributed by atoms with Gasteiger partial charge in [0.05, 0.1) is 6.10 Å². The van der Waals surface area contributed by atoms with Crippen molar-refractivity contribution in [1.82, 2.24) is 4.90 Å². The number of hydrogen-bond donors (Lipinski definition) is 1. The van der Waals surface area contributed by atoms with Gasteiger partial charge in [-0.1, -0.05) is 39.5 Å². The zero-order chi connectivity index (χ0) is 15.1. The Morgan fingerprint density at radius 2 is 1.67 bits per heavy atom. The van der Waals surface area contributed by atoms with Crippen LogP contribution in [0.5, 0.6) is 0 Å². The molecule has 124 valence electrons. The molecule has 2 nitrogen and oxygen atoms in total. The Balaban J connectivity index is 1.79. The maximum absolute atomic E-state index is 10.4. The Morgan fingerprint density at radius 3 is 2.43 bits per heavy atom. The second kappa shape index (κ2) is 9.15. The summed E-state index contributed by atoms with van der Waals surface area (Å²) in [6, 6.07) is 0. The summed E-state index contributed by atoms with van der Waals surface area (Å²) in [5.41, 5.74) is 0. The van der Waals surface area contributed by atoms with E-state index >= 15 is 0 Å². The van der Waals surface area contributed by atoms with E-state index in [1.807, 2.05) is 0 Å². The molecule has 1 saturated heterocycles. The Bertz CT molecular complexity index is 281. The van der Waals surface area contributed by atoms with Crippen molar-refractivity contribution in [1.29, 1.82) is 0 Å². The zero-order valence-electron chi connectivity index (χ0n) is 14.4. The van der Waals surface area contributed by atoms with Crippen LogP contribution < -0.4 is 0 Å². The smallest absolute Gasteiger partial charge is 0.0580 e. The molecule has 0 aromatic carbocycles. The highest BCUT2D eigenvalue weighted by atomic mass is 16.3. The van der Waals surface area contributed by atoms with E-state index in [2.05, 4.69) is 18.7 Å². The van der Waals surface area contributed by atoms with E-state index in [1.165, 1.54) is 70.9 Å². The molecule has 2 heteroatoms. The lowest BCUT2D eigenvalue weighted by Crippen LogP contribution is -2.39. The molecule has 0 amide bonds. The highest BCUT2D eigenvalue weighted by molar-refractivity contribution is 4.83. The molecule has 0 radical (unpaired) electrons. The van der Waals surface area contributed by atoms with E-state index in [0.29, 0.717) is 5.92 Å². The first-order valence-electron chi connectivity index (χ1n) is 9.63. The van der Waals surface area contributed by atoms with Crippen LogP contribution in [0.4, 0.5) is 0 Å². The molecule has 4 unspecified atom stereocenters. The van der Waals surface area contributed by atoms with Crippen molar-refractivity contribution in [2.45, 2.75) is 84.2 Å². The molecule has 2 aliphatic rings. The summed E-state index contributed by atoms with van der Waals surface area (Å²) in [4.78, 5) is 2.66. The Morgan fingerprint density at radius 1 is 0.905 bits per heavy atom. The Kier molecular flexibility index (Phi) is 7.53. The predicted octanol–water partition coefficient (Wildman–Crippen LogP) is 4.47. The van der Waals surface area contributed by atoms with Crippen molar-refractivity contribution in [3.8, 4) is 0 Å². The van der Waals surface area contributed by atoms with Gasteiger partial charge in [0, 0.05) is 6.54 Å². The van der Waals surface area contributed by atoms with Crippen LogP contribution in [-0.4, -0.2) is 35.7 Å². The molecule has 1 aliphatic heterocycles. The molecule has 4 atom stereocenters. The van der Waals surface area contributed by atoms with Crippen LogP contribution in [0.15, 0.2) is 0 Å². The molecular formula is C19H37NO. The molecule has 0 aromatic heterocycles. The minimum Gasteiger partial charge on any atom is -0.393 e. The van der Waals surface area contributed by atoms with Crippen LogP contribution in [0.1, 0.15) is 78.1 Å². The lowest BCUT2D eigenvalue weighted by atomic mass is 9.77.